The fourth-order valence-electron chi connectivity index (χ4n) is 2.57. The molecule has 136 valence electrons. The molecule has 7 nitrogen and oxygen atoms in total. The molecule has 1 fully saturated rings. The highest BCUT2D eigenvalue weighted by Crippen LogP contribution is 2.08. The van der Waals surface area contributed by atoms with Crippen molar-refractivity contribution in [3.63, 3.8) is 0 Å². The topological polar surface area (TPSA) is 87.7 Å². The zero-order valence-corrected chi connectivity index (χ0v) is 14.1. The van der Waals surface area contributed by atoms with Crippen molar-refractivity contribution in [1.82, 2.24) is 15.5 Å². The van der Waals surface area contributed by atoms with Crippen molar-refractivity contribution in [3.05, 3.63) is 35.6 Å². The largest absolute Gasteiger partial charge is 0.469 e. The first kappa shape index (κ1) is 18.9. The summed E-state index contributed by atoms with van der Waals surface area (Å²) in [5.41, 5.74) is 0.248. The summed E-state index contributed by atoms with van der Waals surface area (Å²) in [4.78, 5) is 38.1. The van der Waals surface area contributed by atoms with Crippen molar-refractivity contribution < 1.29 is 23.5 Å². The second kappa shape index (κ2) is 9.12. The zero-order valence-electron chi connectivity index (χ0n) is 14.1. The Labute approximate surface area is 145 Å². The van der Waals surface area contributed by atoms with Gasteiger partial charge in [-0.3, -0.25) is 14.4 Å². The van der Waals surface area contributed by atoms with E-state index in [0.29, 0.717) is 26.2 Å². The molecule has 1 atom stereocenters. The van der Waals surface area contributed by atoms with Crippen LogP contribution in [0.15, 0.2) is 24.3 Å². The van der Waals surface area contributed by atoms with Gasteiger partial charge >= 0.3 is 5.97 Å². The summed E-state index contributed by atoms with van der Waals surface area (Å²) in [6.07, 6.45) is 0.158. The quantitative estimate of drug-likeness (QED) is 0.720. The molecular weight excluding hydrogens is 329 g/mol. The number of hydrogen-bond donors (Lipinski definition) is 2. The van der Waals surface area contributed by atoms with E-state index in [-0.39, 0.29) is 24.3 Å². The van der Waals surface area contributed by atoms with E-state index in [1.165, 1.54) is 31.4 Å². The third-order valence-electron chi connectivity index (χ3n) is 4.00. The number of rotatable bonds is 6. The Kier molecular flexibility index (Phi) is 6.88. The van der Waals surface area contributed by atoms with Crippen LogP contribution in [0.4, 0.5) is 4.39 Å². The Morgan fingerprint density at radius 1 is 1.24 bits per heavy atom. The van der Waals surface area contributed by atoms with Crippen molar-refractivity contribution in [2.24, 2.45) is 0 Å². The minimum Gasteiger partial charge on any atom is -0.469 e. The molecule has 0 radical (unpaired) electrons. The lowest BCUT2D eigenvalue weighted by Gasteiger charge is -2.31. The molecule has 1 aliphatic rings. The maximum absolute atomic E-state index is 13.0. The van der Waals surface area contributed by atoms with Crippen LogP contribution in [-0.2, 0) is 14.3 Å². The second-order valence-corrected chi connectivity index (χ2v) is 5.72. The summed E-state index contributed by atoms with van der Waals surface area (Å²) in [6.45, 7) is 2.45. The standard InChI is InChI=1S/C17H22FN3O4/c1-25-15(22)7-6-14(17(24)21-10-8-19-9-11-21)20-16(23)12-2-4-13(18)5-3-12/h2-5,14,19H,6-11H2,1H3,(H,20,23)/t14-/m0/s1. The molecule has 0 aliphatic carbocycles. The zero-order chi connectivity index (χ0) is 18.2. The van der Waals surface area contributed by atoms with Gasteiger partial charge in [0, 0.05) is 38.2 Å². The summed E-state index contributed by atoms with van der Waals surface area (Å²) in [5.74, 6) is -1.62. The van der Waals surface area contributed by atoms with Gasteiger partial charge in [0.2, 0.25) is 5.91 Å². The van der Waals surface area contributed by atoms with Crippen LogP contribution < -0.4 is 10.6 Å². The van der Waals surface area contributed by atoms with Gasteiger partial charge in [-0.25, -0.2) is 4.39 Å². The average molecular weight is 351 g/mol. The molecule has 2 amide bonds. The van der Waals surface area contributed by atoms with Crippen LogP contribution in [0, 0.1) is 5.82 Å². The van der Waals surface area contributed by atoms with Crippen molar-refractivity contribution in [1.29, 1.82) is 0 Å². The highest BCUT2D eigenvalue weighted by molar-refractivity contribution is 5.97. The predicted molar refractivity (Wildman–Crippen MR) is 88.4 cm³/mol. The van der Waals surface area contributed by atoms with E-state index >= 15 is 0 Å². The Balaban J connectivity index is 2.06. The number of benzene rings is 1. The average Bonchev–Trinajstić information content (AvgIpc) is 2.65. The maximum atomic E-state index is 13.0. The number of carbonyl (C=O) groups excluding carboxylic acids is 3. The number of esters is 1. The first-order chi connectivity index (χ1) is 12.0. The minimum absolute atomic E-state index is 0.0166. The van der Waals surface area contributed by atoms with Crippen LogP contribution in [0.1, 0.15) is 23.2 Å². The Morgan fingerprint density at radius 3 is 2.48 bits per heavy atom. The molecule has 1 aromatic rings. The molecule has 1 heterocycles. The van der Waals surface area contributed by atoms with E-state index < -0.39 is 23.7 Å². The number of carbonyl (C=O) groups is 3. The lowest BCUT2D eigenvalue weighted by Crippen LogP contribution is -2.54. The molecule has 0 bridgehead atoms. The lowest BCUT2D eigenvalue weighted by molar-refractivity contribution is -0.141. The summed E-state index contributed by atoms with van der Waals surface area (Å²) >= 11 is 0. The summed E-state index contributed by atoms with van der Waals surface area (Å²) in [6, 6.07) is 4.21. The number of piperazine rings is 1. The van der Waals surface area contributed by atoms with Gasteiger partial charge in [-0.05, 0) is 30.7 Å². The molecular formula is C17H22FN3O4. The number of hydrogen-bond acceptors (Lipinski definition) is 5. The van der Waals surface area contributed by atoms with Crippen molar-refractivity contribution in [3.8, 4) is 0 Å². The van der Waals surface area contributed by atoms with Gasteiger partial charge in [-0.15, -0.1) is 0 Å². The maximum Gasteiger partial charge on any atom is 0.305 e. The van der Waals surface area contributed by atoms with Gasteiger partial charge in [0.25, 0.3) is 5.91 Å². The molecule has 2 N–H and O–H groups in total. The fourth-order valence-corrected chi connectivity index (χ4v) is 2.57. The number of ether oxygens (including phenoxy) is 1. The third-order valence-corrected chi connectivity index (χ3v) is 4.00. The Morgan fingerprint density at radius 2 is 1.88 bits per heavy atom. The molecule has 1 aliphatic heterocycles. The van der Waals surface area contributed by atoms with Crippen molar-refractivity contribution in [2.75, 3.05) is 33.3 Å². The summed E-state index contributed by atoms with van der Waals surface area (Å²) in [5, 5.41) is 5.80. The minimum atomic E-state index is -0.838. The van der Waals surface area contributed by atoms with Gasteiger partial charge < -0.3 is 20.3 Å². The van der Waals surface area contributed by atoms with E-state index in [1.807, 2.05) is 0 Å². The summed E-state index contributed by atoms with van der Waals surface area (Å²) < 4.78 is 17.6. The smallest absolute Gasteiger partial charge is 0.305 e. The van der Waals surface area contributed by atoms with Gasteiger partial charge in [-0.1, -0.05) is 0 Å². The van der Waals surface area contributed by atoms with Gasteiger partial charge in [-0.2, -0.15) is 0 Å². The molecule has 8 heteroatoms. The highest BCUT2D eigenvalue weighted by Gasteiger charge is 2.27. The normalized spacial score (nSPS) is 15.4. The van der Waals surface area contributed by atoms with Crippen LogP contribution in [0.25, 0.3) is 0 Å². The Bertz CT molecular complexity index is 615. The lowest BCUT2D eigenvalue weighted by atomic mass is 10.1. The molecule has 1 saturated heterocycles. The molecule has 25 heavy (non-hydrogen) atoms. The SMILES string of the molecule is COC(=O)CC[C@H](NC(=O)c1ccc(F)cc1)C(=O)N1CCNCC1. The number of methoxy groups -OCH3 is 1. The van der Waals surface area contributed by atoms with E-state index in [4.69, 9.17) is 0 Å². The second-order valence-electron chi connectivity index (χ2n) is 5.72. The van der Waals surface area contributed by atoms with Crippen molar-refractivity contribution in [2.45, 2.75) is 18.9 Å². The first-order valence-corrected chi connectivity index (χ1v) is 8.14. The third kappa shape index (κ3) is 5.53. The van der Waals surface area contributed by atoms with E-state index in [9.17, 15) is 18.8 Å². The molecule has 2 rings (SSSR count). The molecule has 1 aromatic carbocycles. The number of amides is 2. The first-order valence-electron chi connectivity index (χ1n) is 8.14. The predicted octanol–water partition coefficient (Wildman–Crippen LogP) is 0.309. The van der Waals surface area contributed by atoms with Gasteiger partial charge in [0.05, 0.1) is 7.11 Å². The molecule has 0 unspecified atom stereocenters. The van der Waals surface area contributed by atoms with Gasteiger partial charge in [0.1, 0.15) is 11.9 Å². The number of nitrogens with one attached hydrogen (secondary N) is 2. The molecule has 0 spiro atoms. The van der Waals surface area contributed by atoms with Crippen molar-refractivity contribution >= 4 is 17.8 Å². The van der Waals surface area contributed by atoms with Crippen LogP contribution in [0.2, 0.25) is 0 Å². The number of halogens is 1. The van der Waals surface area contributed by atoms with Crippen LogP contribution in [-0.4, -0.2) is 62.0 Å². The summed E-state index contributed by atoms with van der Waals surface area (Å²) in [7, 11) is 1.27. The van der Waals surface area contributed by atoms with Gasteiger partial charge in [0.15, 0.2) is 0 Å². The van der Waals surface area contributed by atoms with E-state index in [2.05, 4.69) is 15.4 Å². The highest BCUT2D eigenvalue weighted by atomic mass is 19.1. The van der Waals surface area contributed by atoms with Crippen LogP contribution >= 0.6 is 0 Å². The fraction of sp³-hybridized carbons (Fsp3) is 0.471. The monoisotopic (exact) mass is 351 g/mol. The van der Waals surface area contributed by atoms with Crippen LogP contribution in [0.3, 0.4) is 0 Å². The molecule has 0 aromatic heterocycles. The number of nitrogens with zero attached hydrogens (tertiary/aromatic N) is 1. The van der Waals surface area contributed by atoms with E-state index in [0.717, 1.165) is 0 Å². The van der Waals surface area contributed by atoms with E-state index in [1.54, 1.807) is 4.90 Å². The Hall–Kier alpha value is -2.48. The van der Waals surface area contributed by atoms with Crippen LogP contribution in [0.5, 0.6) is 0 Å². The molecule has 0 saturated carbocycles.